The summed E-state index contributed by atoms with van der Waals surface area (Å²) in [5.74, 6) is -2.85. The van der Waals surface area contributed by atoms with Crippen molar-refractivity contribution in [1.29, 1.82) is 0 Å². The molecular weight excluding hydrogens is 454 g/mol. The molecule has 11 heteroatoms. The van der Waals surface area contributed by atoms with Crippen LogP contribution in [0, 0.1) is 0 Å². The average Bonchev–Trinajstić information content (AvgIpc) is 3.57. The molecule has 0 spiro atoms. The number of fused-ring (bicyclic) bond motifs is 2. The second kappa shape index (κ2) is 7.98. The van der Waals surface area contributed by atoms with Gasteiger partial charge in [-0.1, -0.05) is 0 Å². The molecule has 2 fully saturated rings. The minimum absolute atomic E-state index is 0.158. The van der Waals surface area contributed by atoms with E-state index in [9.17, 15) is 13.6 Å². The Morgan fingerprint density at radius 2 is 2.11 bits per heavy atom. The Bertz CT molecular complexity index is 1440. The van der Waals surface area contributed by atoms with Crippen LogP contribution in [0.25, 0.3) is 27.9 Å². The predicted molar refractivity (Wildman–Crippen MR) is 128 cm³/mol. The molecule has 5 heterocycles. The number of hydrogen-bond acceptors (Lipinski definition) is 6. The molecule has 0 radical (unpaired) electrons. The lowest BCUT2D eigenvalue weighted by atomic mass is 9.88. The number of nitrogens with one attached hydrogen (secondary N) is 2. The molecule has 4 aromatic rings. The normalized spacial score (nSPS) is 21.9. The highest BCUT2D eigenvalue weighted by atomic mass is 19.3. The number of pyridine rings is 1. The summed E-state index contributed by atoms with van der Waals surface area (Å²) in [6.07, 6.45) is 6.30. The number of carbonyl (C=O) groups is 1. The van der Waals surface area contributed by atoms with Crippen LogP contribution < -0.4 is 10.6 Å². The van der Waals surface area contributed by atoms with Gasteiger partial charge in [-0.2, -0.15) is 9.61 Å². The summed E-state index contributed by atoms with van der Waals surface area (Å²) in [6.45, 7) is 1.96. The zero-order valence-electron chi connectivity index (χ0n) is 19.5. The number of amides is 1. The molecule has 2 N–H and O–H groups in total. The number of nitrogens with zero attached hydrogens (tertiary/aromatic N) is 6. The molecule has 9 nitrogen and oxygen atoms in total. The first-order valence-corrected chi connectivity index (χ1v) is 11.8. The molecule has 6 rings (SSSR count). The van der Waals surface area contributed by atoms with Crippen molar-refractivity contribution in [2.45, 2.75) is 37.3 Å². The summed E-state index contributed by atoms with van der Waals surface area (Å²) >= 11 is 0. The Morgan fingerprint density at radius 3 is 2.80 bits per heavy atom. The minimum Gasteiger partial charge on any atom is -0.373 e. The van der Waals surface area contributed by atoms with Gasteiger partial charge in [0.15, 0.2) is 5.65 Å². The number of anilines is 1. The van der Waals surface area contributed by atoms with Gasteiger partial charge in [0.25, 0.3) is 11.8 Å². The van der Waals surface area contributed by atoms with E-state index in [0.29, 0.717) is 23.2 Å². The van der Waals surface area contributed by atoms with Gasteiger partial charge in [0, 0.05) is 55.5 Å². The first-order valence-electron chi connectivity index (χ1n) is 11.8. The van der Waals surface area contributed by atoms with Crippen LogP contribution in [0.2, 0.25) is 0 Å². The van der Waals surface area contributed by atoms with Gasteiger partial charge in [-0.15, -0.1) is 0 Å². The molecule has 2 aliphatic rings. The zero-order chi connectivity index (χ0) is 24.3. The molecule has 0 unspecified atom stereocenters. The van der Waals surface area contributed by atoms with Crippen LogP contribution >= 0.6 is 0 Å². The van der Waals surface area contributed by atoms with Crippen LogP contribution in [0.5, 0.6) is 0 Å². The lowest BCUT2D eigenvalue weighted by Crippen LogP contribution is -2.55. The largest absolute Gasteiger partial charge is 0.373 e. The van der Waals surface area contributed by atoms with Crippen molar-refractivity contribution in [3.05, 3.63) is 42.4 Å². The number of rotatable bonds is 5. The number of likely N-dealkylation sites (N-methyl/N-ethyl adjacent to an activating group) is 1. The topological polar surface area (TPSA) is 92.4 Å². The van der Waals surface area contributed by atoms with Crippen molar-refractivity contribution in [2.24, 2.45) is 0 Å². The van der Waals surface area contributed by atoms with Gasteiger partial charge in [0.05, 0.1) is 17.9 Å². The highest BCUT2D eigenvalue weighted by Gasteiger charge is 2.49. The highest BCUT2D eigenvalue weighted by Crippen LogP contribution is 2.38. The summed E-state index contributed by atoms with van der Waals surface area (Å²) in [6, 6.07) is 4.92. The fourth-order valence-corrected chi connectivity index (χ4v) is 5.06. The van der Waals surface area contributed by atoms with Gasteiger partial charge >= 0.3 is 0 Å². The van der Waals surface area contributed by atoms with E-state index >= 15 is 0 Å². The van der Waals surface area contributed by atoms with E-state index < -0.39 is 17.9 Å². The van der Waals surface area contributed by atoms with E-state index in [4.69, 9.17) is 4.98 Å². The molecule has 1 saturated heterocycles. The second-order valence-corrected chi connectivity index (χ2v) is 9.43. The maximum atomic E-state index is 13.8. The van der Waals surface area contributed by atoms with Gasteiger partial charge in [-0.05, 0) is 38.6 Å². The standard InChI is InChI=1S/C24H26F2N8O/c1-27-20-10-18(17-13-33(14-6-9-32(2)12-14)21-15(17)4-3-8-28-21)30-22-16(11-29-34(20)22)23(35)31-19-5-7-24(19,25)26/h3-4,8,10-11,13-14,19,27H,5-7,9,12H2,1-2H3,(H,31,35)/t14-,19+/m1/s1. The molecule has 1 saturated carbocycles. The van der Waals surface area contributed by atoms with Gasteiger partial charge in [0.1, 0.15) is 17.0 Å². The van der Waals surface area contributed by atoms with Crippen LogP contribution in [-0.4, -0.2) is 74.1 Å². The molecule has 35 heavy (non-hydrogen) atoms. The number of halogens is 2. The van der Waals surface area contributed by atoms with E-state index in [1.165, 1.54) is 10.7 Å². The number of aromatic nitrogens is 5. The molecule has 1 aliphatic heterocycles. The number of likely N-dealkylation sites (tertiary alicyclic amines) is 1. The Hall–Kier alpha value is -3.60. The van der Waals surface area contributed by atoms with Crippen LogP contribution in [0.4, 0.5) is 14.6 Å². The first kappa shape index (κ1) is 21.9. The lowest BCUT2D eigenvalue weighted by Gasteiger charge is -2.36. The summed E-state index contributed by atoms with van der Waals surface area (Å²) in [5, 5.41) is 10.8. The van der Waals surface area contributed by atoms with Crippen molar-refractivity contribution >= 4 is 28.4 Å². The Morgan fingerprint density at radius 1 is 1.26 bits per heavy atom. The maximum Gasteiger partial charge on any atom is 0.267 e. The van der Waals surface area contributed by atoms with E-state index in [0.717, 1.165) is 36.1 Å². The lowest BCUT2D eigenvalue weighted by molar-refractivity contribution is -0.102. The second-order valence-electron chi connectivity index (χ2n) is 9.43. The van der Waals surface area contributed by atoms with Crippen molar-refractivity contribution in [2.75, 3.05) is 32.5 Å². The fraction of sp³-hybridized carbons (Fsp3) is 0.417. The van der Waals surface area contributed by atoms with Gasteiger partial charge in [-0.25, -0.2) is 18.7 Å². The van der Waals surface area contributed by atoms with Crippen molar-refractivity contribution in [3.8, 4) is 11.3 Å². The molecule has 182 valence electrons. The van der Waals surface area contributed by atoms with Crippen molar-refractivity contribution in [1.82, 2.24) is 34.4 Å². The molecule has 4 aromatic heterocycles. The third-order valence-corrected chi connectivity index (χ3v) is 7.18. The van der Waals surface area contributed by atoms with Gasteiger partial charge in [0.2, 0.25) is 0 Å². The smallest absolute Gasteiger partial charge is 0.267 e. The molecule has 2 atom stereocenters. The number of alkyl halides is 2. The van der Waals surface area contributed by atoms with Gasteiger partial charge < -0.3 is 20.1 Å². The third-order valence-electron chi connectivity index (χ3n) is 7.18. The number of carbonyl (C=O) groups excluding carboxylic acids is 1. The summed E-state index contributed by atoms with van der Waals surface area (Å²) in [4.78, 5) is 24.6. The first-order chi connectivity index (χ1) is 16.9. The van der Waals surface area contributed by atoms with E-state index in [-0.39, 0.29) is 18.4 Å². The van der Waals surface area contributed by atoms with Crippen molar-refractivity contribution < 1.29 is 13.6 Å². The SMILES string of the molecule is CNc1cc(-c2cn([C@@H]3CCN(C)C3)c3ncccc23)nc2c(C(=O)N[C@H]3CCC3(F)F)cnn12. The predicted octanol–water partition coefficient (Wildman–Crippen LogP) is 3.19. The Labute approximate surface area is 200 Å². The van der Waals surface area contributed by atoms with E-state index in [1.54, 1.807) is 13.2 Å². The molecule has 0 bridgehead atoms. The summed E-state index contributed by atoms with van der Waals surface area (Å²) in [5.41, 5.74) is 2.88. The van der Waals surface area contributed by atoms with Crippen LogP contribution in [0.15, 0.2) is 36.8 Å². The molecule has 0 aromatic carbocycles. The molecular formula is C24H26F2N8O. The fourth-order valence-electron chi connectivity index (χ4n) is 5.06. The molecule has 1 aliphatic carbocycles. The van der Waals surface area contributed by atoms with E-state index in [1.807, 2.05) is 18.2 Å². The van der Waals surface area contributed by atoms with Crippen LogP contribution in [0.3, 0.4) is 0 Å². The summed E-state index contributed by atoms with van der Waals surface area (Å²) < 4.78 is 31.2. The molecule has 1 amide bonds. The summed E-state index contributed by atoms with van der Waals surface area (Å²) in [7, 11) is 3.87. The van der Waals surface area contributed by atoms with Crippen LogP contribution in [-0.2, 0) is 0 Å². The Kier molecular flexibility index (Phi) is 4.99. The average molecular weight is 481 g/mol. The van der Waals surface area contributed by atoms with Crippen molar-refractivity contribution in [3.63, 3.8) is 0 Å². The zero-order valence-corrected chi connectivity index (χ0v) is 19.5. The third kappa shape index (κ3) is 3.53. The van der Waals surface area contributed by atoms with Gasteiger partial charge in [-0.3, -0.25) is 4.79 Å². The van der Waals surface area contributed by atoms with E-state index in [2.05, 4.69) is 43.4 Å². The minimum atomic E-state index is -2.88. The van der Waals surface area contributed by atoms with Crippen LogP contribution in [0.1, 0.15) is 35.7 Å². The number of hydrogen-bond donors (Lipinski definition) is 2. The Balaban J connectivity index is 1.45. The monoisotopic (exact) mass is 480 g/mol. The highest BCUT2D eigenvalue weighted by molar-refractivity contribution is 6.01. The maximum absolute atomic E-state index is 13.8. The quantitative estimate of drug-likeness (QED) is 0.456.